The lowest BCUT2D eigenvalue weighted by Gasteiger charge is -2.23. The highest BCUT2D eigenvalue weighted by molar-refractivity contribution is 5.47. The van der Waals surface area contributed by atoms with Crippen LogP contribution >= 0.6 is 0 Å². The van der Waals surface area contributed by atoms with Crippen LogP contribution in [-0.2, 0) is 0 Å². The molecule has 0 amide bonds. The minimum Gasteiger partial charge on any atom is -0.399 e. The summed E-state index contributed by atoms with van der Waals surface area (Å²) in [5.74, 6) is 1.35. The van der Waals surface area contributed by atoms with Crippen molar-refractivity contribution < 1.29 is 0 Å². The highest BCUT2D eigenvalue weighted by Crippen LogP contribution is 2.34. The van der Waals surface area contributed by atoms with E-state index in [1.807, 2.05) is 0 Å². The summed E-state index contributed by atoms with van der Waals surface area (Å²) < 4.78 is 0. The van der Waals surface area contributed by atoms with Gasteiger partial charge in [0.15, 0.2) is 0 Å². The molecule has 1 heteroatoms. The second kappa shape index (κ2) is 6.68. The Morgan fingerprint density at radius 2 is 1.29 bits per heavy atom. The van der Waals surface area contributed by atoms with Gasteiger partial charge in [0.2, 0.25) is 0 Å². The number of benzene rings is 1. The van der Waals surface area contributed by atoms with E-state index in [2.05, 4.69) is 45.9 Å². The zero-order chi connectivity index (χ0) is 12.8. The number of rotatable bonds is 6. The van der Waals surface area contributed by atoms with Crippen LogP contribution in [0.4, 0.5) is 5.69 Å². The largest absolute Gasteiger partial charge is 0.399 e. The van der Waals surface area contributed by atoms with Gasteiger partial charge in [-0.15, -0.1) is 0 Å². The van der Waals surface area contributed by atoms with E-state index in [4.69, 9.17) is 5.73 Å². The van der Waals surface area contributed by atoms with Gasteiger partial charge in [-0.1, -0.05) is 33.8 Å². The first kappa shape index (κ1) is 14.1. The summed E-state index contributed by atoms with van der Waals surface area (Å²) in [6.07, 6.45) is 4.83. The van der Waals surface area contributed by atoms with Crippen molar-refractivity contribution in [2.45, 2.75) is 65.2 Å². The lowest BCUT2D eigenvalue weighted by Crippen LogP contribution is -2.06. The molecule has 0 aliphatic carbocycles. The second-order valence-electron chi connectivity index (χ2n) is 4.92. The lowest BCUT2D eigenvalue weighted by molar-refractivity contribution is 0.594. The quantitative estimate of drug-likeness (QED) is 0.681. The highest BCUT2D eigenvalue weighted by atomic mass is 14.5. The van der Waals surface area contributed by atoms with Crippen molar-refractivity contribution in [2.75, 3.05) is 5.73 Å². The van der Waals surface area contributed by atoms with Crippen molar-refractivity contribution in [3.63, 3.8) is 0 Å². The van der Waals surface area contributed by atoms with E-state index in [1.54, 1.807) is 0 Å². The van der Waals surface area contributed by atoms with Crippen molar-refractivity contribution >= 4 is 5.69 Å². The third-order valence-electron chi connectivity index (χ3n) is 3.96. The van der Waals surface area contributed by atoms with E-state index in [1.165, 1.54) is 36.8 Å². The molecular formula is C16H27N. The lowest BCUT2D eigenvalue weighted by atomic mass is 9.82. The first-order valence-electron chi connectivity index (χ1n) is 7.07. The normalized spacial score (nSPS) is 11.4. The van der Waals surface area contributed by atoms with Crippen molar-refractivity contribution in [2.24, 2.45) is 0 Å². The van der Waals surface area contributed by atoms with Crippen LogP contribution in [0.1, 0.15) is 76.3 Å². The van der Waals surface area contributed by atoms with Crippen molar-refractivity contribution in [3.05, 3.63) is 29.3 Å². The molecule has 0 heterocycles. The topological polar surface area (TPSA) is 26.0 Å². The van der Waals surface area contributed by atoms with Crippen LogP contribution in [-0.4, -0.2) is 0 Å². The summed E-state index contributed by atoms with van der Waals surface area (Å²) in [6.45, 7) is 9.10. The third-order valence-corrected chi connectivity index (χ3v) is 3.96. The Morgan fingerprint density at radius 1 is 0.824 bits per heavy atom. The number of hydrogen-bond acceptors (Lipinski definition) is 1. The molecule has 2 N–H and O–H groups in total. The maximum atomic E-state index is 5.96. The maximum absolute atomic E-state index is 5.96. The Labute approximate surface area is 106 Å². The summed E-state index contributed by atoms with van der Waals surface area (Å²) >= 11 is 0. The summed E-state index contributed by atoms with van der Waals surface area (Å²) in [4.78, 5) is 0. The van der Waals surface area contributed by atoms with Gasteiger partial charge in [0.05, 0.1) is 0 Å². The Balaban J connectivity index is 3.19. The summed E-state index contributed by atoms with van der Waals surface area (Å²) in [7, 11) is 0. The van der Waals surface area contributed by atoms with Gasteiger partial charge in [-0.2, -0.15) is 0 Å². The van der Waals surface area contributed by atoms with Gasteiger partial charge in [-0.05, 0) is 60.8 Å². The molecule has 96 valence electrons. The molecule has 0 atom stereocenters. The minimum absolute atomic E-state index is 0.661. The molecule has 0 saturated carbocycles. The summed E-state index contributed by atoms with van der Waals surface area (Å²) in [6, 6.07) is 6.51. The Bertz CT molecular complexity index is 335. The van der Waals surface area contributed by atoms with Gasteiger partial charge in [0, 0.05) is 5.69 Å². The van der Waals surface area contributed by atoms with Crippen LogP contribution < -0.4 is 5.73 Å². The fourth-order valence-electron chi connectivity index (χ4n) is 2.78. The molecule has 0 saturated heterocycles. The number of anilines is 1. The first-order valence-corrected chi connectivity index (χ1v) is 7.07. The number of hydrogen-bond donors (Lipinski definition) is 1. The first-order chi connectivity index (χ1) is 8.17. The molecule has 0 aromatic heterocycles. The van der Waals surface area contributed by atoms with Crippen molar-refractivity contribution in [1.82, 2.24) is 0 Å². The monoisotopic (exact) mass is 233 g/mol. The van der Waals surface area contributed by atoms with Gasteiger partial charge in [0.1, 0.15) is 0 Å². The number of nitrogens with two attached hydrogens (primary N) is 1. The van der Waals surface area contributed by atoms with Crippen LogP contribution in [0, 0.1) is 0 Å². The average molecular weight is 233 g/mol. The highest BCUT2D eigenvalue weighted by Gasteiger charge is 2.17. The standard InChI is InChI=1S/C16H27N/c1-5-12(6-2)15-10-9-14(17)11-16(15)13(7-3)8-4/h9-13H,5-8,17H2,1-4H3. The van der Waals surface area contributed by atoms with Crippen LogP contribution in [0.2, 0.25) is 0 Å². The smallest absolute Gasteiger partial charge is 0.0317 e. The molecule has 1 aromatic rings. The molecule has 17 heavy (non-hydrogen) atoms. The van der Waals surface area contributed by atoms with E-state index >= 15 is 0 Å². The van der Waals surface area contributed by atoms with E-state index in [0.29, 0.717) is 11.8 Å². The molecule has 0 unspecified atom stereocenters. The molecular weight excluding hydrogens is 206 g/mol. The van der Waals surface area contributed by atoms with E-state index in [9.17, 15) is 0 Å². The van der Waals surface area contributed by atoms with Gasteiger partial charge in [0.25, 0.3) is 0 Å². The Hall–Kier alpha value is -0.980. The molecule has 0 spiro atoms. The van der Waals surface area contributed by atoms with Gasteiger partial charge >= 0.3 is 0 Å². The van der Waals surface area contributed by atoms with Crippen LogP contribution in [0.25, 0.3) is 0 Å². The second-order valence-corrected chi connectivity index (χ2v) is 4.92. The average Bonchev–Trinajstić information content (AvgIpc) is 2.34. The molecule has 0 aliphatic heterocycles. The zero-order valence-electron chi connectivity index (χ0n) is 11.8. The van der Waals surface area contributed by atoms with Crippen molar-refractivity contribution in [1.29, 1.82) is 0 Å². The van der Waals surface area contributed by atoms with E-state index in [0.717, 1.165) is 5.69 Å². The van der Waals surface area contributed by atoms with Crippen LogP contribution in [0.5, 0.6) is 0 Å². The Kier molecular flexibility index (Phi) is 5.54. The SMILES string of the molecule is CCC(CC)c1ccc(N)cc1C(CC)CC. The summed E-state index contributed by atoms with van der Waals surface area (Å²) in [5, 5.41) is 0. The van der Waals surface area contributed by atoms with Gasteiger partial charge < -0.3 is 5.73 Å². The van der Waals surface area contributed by atoms with E-state index < -0.39 is 0 Å². The minimum atomic E-state index is 0.661. The molecule has 0 fully saturated rings. The predicted molar refractivity (Wildman–Crippen MR) is 77.5 cm³/mol. The van der Waals surface area contributed by atoms with Crippen LogP contribution in [0.3, 0.4) is 0 Å². The Morgan fingerprint density at radius 3 is 1.76 bits per heavy atom. The molecule has 0 radical (unpaired) electrons. The predicted octanol–water partition coefficient (Wildman–Crippen LogP) is 5.08. The molecule has 1 nitrogen and oxygen atoms in total. The maximum Gasteiger partial charge on any atom is 0.0317 e. The number of nitrogen functional groups attached to an aromatic ring is 1. The molecule has 1 aromatic carbocycles. The molecule has 1 rings (SSSR count). The summed E-state index contributed by atoms with van der Waals surface area (Å²) in [5.41, 5.74) is 9.88. The van der Waals surface area contributed by atoms with Crippen LogP contribution in [0.15, 0.2) is 18.2 Å². The fourth-order valence-corrected chi connectivity index (χ4v) is 2.78. The van der Waals surface area contributed by atoms with Gasteiger partial charge in [-0.25, -0.2) is 0 Å². The van der Waals surface area contributed by atoms with Crippen molar-refractivity contribution in [3.8, 4) is 0 Å². The molecule has 0 aliphatic rings. The zero-order valence-corrected chi connectivity index (χ0v) is 11.8. The third kappa shape index (κ3) is 3.24. The molecule has 0 bridgehead atoms. The van der Waals surface area contributed by atoms with E-state index in [-0.39, 0.29) is 0 Å². The van der Waals surface area contributed by atoms with Gasteiger partial charge in [-0.3, -0.25) is 0 Å². The fraction of sp³-hybridized carbons (Fsp3) is 0.625.